The first-order valence-corrected chi connectivity index (χ1v) is 12.3. The Hall–Kier alpha value is -4.44. The fourth-order valence-electron chi connectivity index (χ4n) is 5.22. The van der Waals surface area contributed by atoms with E-state index in [2.05, 4.69) is 120 Å². The Morgan fingerprint density at radius 2 is 0.972 bits per heavy atom. The molecule has 2 unspecified atom stereocenters. The molecule has 0 saturated heterocycles. The lowest BCUT2D eigenvalue weighted by molar-refractivity contribution is 0.292. The molecule has 174 valence electrons. The highest BCUT2D eigenvalue weighted by Crippen LogP contribution is 2.46. The highest BCUT2D eigenvalue weighted by molar-refractivity contribution is 6.08. The van der Waals surface area contributed by atoms with E-state index < -0.39 is 0 Å². The van der Waals surface area contributed by atoms with E-state index in [1.165, 1.54) is 11.1 Å². The van der Waals surface area contributed by atoms with Gasteiger partial charge in [0.2, 0.25) is 35.0 Å². The third-order valence-electron chi connectivity index (χ3n) is 7.04. The van der Waals surface area contributed by atoms with Gasteiger partial charge in [-0.2, -0.15) is 9.15 Å². The first-order valence-electron chi connectivity index (χ1n) is 12.3. The van der Waals surface area contributed by atoms with Gasteiger partial charge in [0.1, 0.15) is 0 Å². The number of aryl methyl sites for hydroxylation is 2. The van der Waals surface area contributed by atoms with Crippen molar-refractivity contribution in [2.75, 3.05) is 0 Å². The Morgan fingerprint density at radius 3 is 1.39 bits per heavy atom. The molecule has 2 heterocycles. The normalized spacial score (nSPS) is 20.8. The van der Waals surface area contributed by atoms with Gasteiger partial charge in [-0.3, -0.25) is 0 Å². The molecule has 0 N–H and O–H groups in total. The fourth-order valence-corrected chi connectivity index (χ4v) is 5.22. The Morgan fingerprint density at radius 1 is 0.556 bits per heavy atom. The number of hydrogen-bond donors (Lipinski definition) is 0. The molecule has 2 aliphatic carbocycles. The average molecular weight is 471 g/mol. The van der Waals surface area contributed by atoms with Gasteiger partial charge in [0, 0.05) is 36.4 Å². The van der Waals surface area contributed by atoms with Crippen molar-refractivity contribution < 1.29 is 9.47 Å². The van der Waals surface area contributed by atoms with E-state index in [0.717, 1.165) is 45.7 Å². The molecule has 0 aromatic heterocycles. The summed E-state index contributed by atoms with van der Waals surface area (Å²) < 4.78 is 17.7. The average Bonchev–Trinajstić information content (AvgIpc) is 2.91. The molecule has 2 atom stereocenters. The molecule has 4 aliphatic rings. The highest BCUT2D eigenvalue weighted by atomic mass is 16.5. The van der Waals surface area contributed by atoms with Crippen LogP contribution in [-0.4, -0.2) is 23.6 Å². The van der Waals surface area contributed by atoms with E-state index in [0.29, 0.717) is 0 Å². The SMILES string of the molecule is Cc1ccc([N+]2=C3C=CC=CC3Oc3cc4c(cc32)OC2C=CC=CC2=[N+]4c2ccc(C)cc2)cc1. The number of benzene rings is 3. The van der Waals surface area contributed by atoms with E-state index in [4.69, 9.17) is 9.47 Å². The van der Waals surface area contributed by atoms with Gasteiger partial charge >= 0.3 is 0 Å². The maximum Gasteiger partial charge on any atom is 0.258 e. The summed E-state index contributed by atoms with van der Waals surface area (Å²) >= 11 is 0. The third kappa shape index (κ3) is 3.29. The third-order valence-corrected chi connectivity index (χ3v) is 7.04. The Bertz CT molecular complexity index is 1460. The second kappa shape index (κ2) is 8.06. The first kappa shape index (κ1) is 20.9. The van der Waals surface area contributed by atoms with Crippen LogP contribution in [-0.2, 0) is 0 Å². The van der Waals surface area contributed by atoms with Crippen molar-refractivity contribution in [1.29, 1.82) is 0 Å². The summed E-state index contributed by atoms with van der Waals surface area (Å²) in [6, 6.07) is 21.5. The van der Waals surface area contributed by atoms with Crippen LogP contribution in [0.5, 0.6) is 11.5 Å². The van der Waals surface area contributed by atoms with Gasteiger partial charge in [-0.25, -0.2) is 0 Å². The molecule has 7 rings (SSSR count). The minimum atomic E-state index is -0.155. The van der Waals surface area contributed by atoms with Crippen molar-refractivity contribution in [3.8, 4) is 11.5 Å². The fraction of sp³-hybridized carbons (Fsp3) is 0.125. The molecule has 3 aromatic carbocycles. The Labute approximate surface area is 210 Å². The van der Waals surface area contributed by atoms with Crippen molar-refractivity contribution in [2.24, 2.45) is 0 Å². The van der Waals surface area contributed by atoms with E-state index >= 15 is 0 Å². The lowest BCUT2D eigenvalue weighted by Crippen LogP contribution is -2.38. The zero-order valence-corrected chi connectivity index (χ0v) is 20.3. The van der Waals surface area contributed by atoms with Crippen molar-refractivity contribution in [3.05, 3.63) is 120 Å². The molecule has 36 heavy (non-hydrogen) atoms. The summed E-state index contributed by atoms with van der Waals surface area (Å²) in [5, 5.41) is 0. The van der Waals surface area contributed by atoms with Crippen molar-refractivity contribution >= 4 is 34.2 Å². The van der Waals surface area contributed by atoms with Gasteiger partial charge in [0.15, 0.2) is 11.5 Å². The summed E-state index contributed by atoms with van der Waals surface area (Å²) in [6.45, 7) is 4.22. The summed E-state index contributed by atoms with van der Waals surface area (Å²) in [7, 11) is 0. The smallest absolute Gasteiger partial charge is 0.258 e. The van der Waals surface area contributed by atoms with Crippen LogP contribution in [0.15, 0.2) is 109 Å². The lowest BCUT2D eigenvalue weighted by Gasteiger charge is -2.27. The molecule has 0 bridgehead atoms. The van der Waals surface area contributed by atoms with Gasteiger partial charge in [-0.15, -0.1) is 0 Å². The number of allylic oxidation sites excluding steroid dienone is 4. The zero-order chi connectivity index (χ0) is 24.2. The minimum absolute atomic E-state index is 0.155. The number of hydrogen-bond acceptors (Lipinski definition) is 2. The van der Waals surface area contributed by atoms with Gasteiger partial charge < -0.3 is 9.47 Å². The maximum atomic E-state index is 6.58. The maximum absolute atomic E-state index is 6.58. The van der Waals surface area contributed by atoms with Crippen LogP contribution in [0, 0.1) is 13.8 Å². The molecule has 4 heteroatoms. The molecule has 0 spiro atoms. The monoisotopic (exact) mass is 470 g/mol. The molecule has 0 radical (unpaired) electrons. The molecule has 2 aliphatic heterocycles. The van der Waals surface area contributed by atoms with Crippen molar-refractivity contribution in [2.45, 2.75) is 26.1 Å². The zero-order valence-electron chi connectivity index (χ0n) is 20.3. The van der Waals surface area contributed by atoms with Crippen molar-refractivity contribution in [1.82, 2.24) is 9.15 Å². The first-order chi connectivity index (χ1) is 17.7. The molecule has 0 fully saturated rings. The van der Waals surface area contributed by atoms with Crippen LogP contribution in [0.3, 0.4) is 0 Å². The summed E-state index contributed by atoms with van der Waals surface area (Å²) in [4.78, 5) is 0. The second-order valence-electron chi connectivity index (χ2n) is 9.54. The highest BCUT2D eigenvalue weighted by Gasteiger charge is 2.42. The van der Waals surface area contributed by atoms with Crippen LogP contribution in [0.1, 0.15) is 11.1 Å². The number of nitrogens with zero attached hydrogens (tertiary/aromatic N) is 2. The van der Waals surface area contributed by atoms with Crippen LogP contribution >= 0.6 is 0 Å². The summed E-state index contributed by atoms with van der Waals surface area (Å²) in [5.41, 5.74) is 8.80. The van der Waals surface area contributed by atoms with Crippen LogP contribution in [0.2, 0.25) is 0 Å². The Kier molecular flexibility index (Phi) is 4.68. The number of fused-ring (bicyclic) bond motifs is 4. The topological polar surface area (TPSA) is 24.5 Å². The molecule has 4 nitrogen and oxygen atoms in total. The lowest BCUT2D eigenvalue weighted by atomic mass is 10.0. The van der Waals surface area contributed by atoms with Crippen LogP contribution in [0.4, 0.5) is 22.7 Å². The second-order valence-corrected chi connectivity index (χ2v) is 9.54. The summed E-state index contributed by atoms with van der Waals surface area (Å²) in [6.07, 6.45) is 16.4. The quantitative estimate of drug-likeness (QED) is 0.393. The van der Waals surface area contributed by atoms with Crippen LogP contribution in [0.25, 0.3) is 0 Å². The van der Waals surface area contributed by atoms with E-state index in [1.54, 1.807) is 0 Å². The van der Waals surface area contributed by atoms with E-state index in [1.807, 2.05) is 12.2 Å². The summed E-state index contributed by atoms with van der Waals surface area (Å²) in [5.74, 6) is 1.66. The van der Waals surface area contributed by atoms with E-state index in [9.17, 15) is 0 Å². The predicted molar refractivity (Wildman–Crippen MR) is 147 cm³/mol. The van der Waals surface area contributed by atoms with Gasteiger partial charge in [0.05, 0.1) is 12.1 Å². The van der Waals surface area contributed by atoms with Gasteiger partial charge in [0.25, 0.3) is 11.4 Å². The van der Waals surface area contributed by atoms with Gasteiger partial charge in [-0.1, -0.05) is 59.7 Å². The van der Waals surface area contributed by atoms with Gasteiger partial charge in [-0.05, 0) is 26.0 Å². The predicted octanol–water partition coefficient (Wildman–Crippen LogP) is 6.63. The molecule has 0 amide bonds. The molecule has 3 aromatic rings. The molecule has 0 saturated carbocycles. The van der Waals surface area contributed by atoms with Crippen LogP contribution < -0.4 is 18.6 Å². The number of rotatable bonds is 2. The minimum Gasteiger partial charge on any atom is -0.468 e. The largest absolute Gasteiger partial charge is 0.468 e. The molecular formula is C32H26N2O2+2. The number of ether oxygens (including phenoxy) is 2. The molecular weight excluding hydrogens is 444 g/mol. The Balaban J connectivity index is 1.47. The standard InChI is InChI=1S/C32H26N2O2/c1-21-11-15-23(16-12-21)33-25-7-3-5-9-29(25)35-31-20-28-32(19-27(31)33)36-30-10-6-4-8-26(30)34(28)24-17-13-22(2)14-18-24/h3-20,29-30H,1-2H3/q+2. The van der Waals surface area contributed by atoms with Crippen molar-refractivity contribution in [3.63, 3.8) is 0 Å². The van der Waals surface area contributed by atoms with E-state index in [-0.39, 0.29) is 12.2 Å².